The predicted octanol–water partition coefficient (Wildman–Crippen LogP) is 5.18. The number of carbonyl (C=O) groups excluding carboxylic acids is 1. The number of anilines is 2. The minimum absolute atomic E-state index is 0.0271. The second kappa shape index (κ2) is 9.25. The molecular formula is C25H29N3O3. The van der Waals surface area contributed by atoms with Crippen molar-refractivity contribution in [3.8, 4) is 11.5 Å². The number of methoxy groups -OCH3 is 2. The third kappa shape index (κ3) is 4.43. The number of nitrogens with one attached hydrogen (secondary N) is 1. The zero-order valence-electron chi connectivity index (χ0n) is 18.4. The minimum atomic E-state index is -0.0271. The summed E-state index contributed by atoms with van der Waals surface area (Å²) < 4.78 is 11.0. The van der Waals surface area contributed by atoms with Crippen molar-refractivity contribution in [2.45, 2.75) is 32.6 Å². The Morgan fingerprint density at radius 2 is 1.68 bits per heavy atom. The second-order valence-electron chi connectivity index (χ2n) is 7.81. The first kappa shape index (κ1) is 21.0. The number of amides is 1. The number of nitrogens with zero attached hydrogens (tertiary/aromatic N) is 2. The molecule has 2 heterocycles. The molecule has 1 N–H and O–H groups in total. The highest BCUT2D eigenvalue weighted by Crippen LogP contribution is 2.36. The molecule has 31 heavy (non-hydrogen) atoms. The van der Waals surface area contributed by atoms with Crippen LogP contribution >= 0.6 is 0 Å². The van der Waals surface area contributed by atoms with Gasteiger partial charge in [-0.3, -0.25) is 4.79 Å². The molecule has 2 aromatic carbocycles. The van der Waals surface area contributed by atoms with Crippen molar-refractivity contribution in [1.82, 2.24) is 9.88 Å². The Morgan fingerprint density at radius 3 is 2.32 bits per heavy atom. The van der Waals surface area contributed by atoms with E-state index in [4.69, 9.17) is 14.5 Å². The van der Waals surface area contributed by atoms with Gasteiger partial charge in [-0.05, 0) is 55.5 Å². The van der Waals surface area contributed by atoms with Gasteiger partial charge >= 0.3 is 0 Å². The molecule has 0 atom stereocenters. The zero-order chi connectivity index (χ0) is 21.8. The number of likely N-dealkylation sites (tertiary alicyclic amines) is 1. The van der Waals surface area contributed by atoms with Crippen molar-refractivity contribution < 1.29 is 14.3 Å². The fourth-order valence-corrected chi connectivity index (χ4v) is 4.00. The van der Waals surface area contributed by atoms with E-state index in [2.05, 4.69) is 36.5 Å². The lowest BCUT2D eigenvalue weighted by atomic mass is 10.1. The van der Waals surface area contributed by atoms with E-state index >= 15 is 0 Å². The summed E-state index contributed by atoms with van der Waals surface area (Å²) >= 11 is 0. The van der Waals surface area contributed by atoms with Crippen molar-refractivity contribution in [2.75, 3.05) is 32.6 Å². The average molecular weight is 420 g/mol. The normalized spacial score (nSPS) is 13.8. The van der Waals surface area contributed by atoms with Crippen LogP contribution in [0.25, 0.3) is 10.9 Å². The number of hydrogen-bond acceptors (Lipinski definition) is 5. The third-order valence-electron chi connectivity index (χ3n) is 5.82. The lowest BCUT2D eigenvalue weighted by molar-refractivity contribution is 0.0719. The van der Waals surface area contributed by atoms with E-state index in [0.29, 0.717) is 22.7 Å². The Balaban J connectivity index is 1.80. The fraction of sp³-hybridized carbons (Fsp3) is 0.360. The van der Waals surface area contributed by atoms with Gasteiger partial charge in [-0.1, -0.05) is 19.1 Å². The second-order valence-corrected chi connectivity index (χ2v) is 7.81. The van der Waals surface area contributed by atoms with E-state index < -0.39 is 0 Å². The Bertz CT molecular complexity index is 1070. The van der Waals surface area contributed by atoms with E-state index in [1.165, 1.54) is 12.0 Å². The molecule has 1 aliphatic rings. The van der Waals surface area contributed by atoms with Crippen LogP contribution in [-0.2, 0) is 6.42 Å². The number of carbonyl (C=O) groups is 1. The average Bonchev–Trinajstić information content (AvgIpc) is 2.83. The molecule has 162 valence electrons. The van der Waals surface area contributed by atoms with E-state index in [1.54, 1.807) is 14.2 Å². The number of aromatic nitrogens is 1. The first-order valence-electron chi connectivity index (χ1n) is 10.8. The van der Waals surface area contributed by atoms with Crippen molar-refractivity contribution in [2.24, 2.45) is 0 Å². The van der Waals surface area contributed by atoms with Gasteiger partial charge < -0.3 is 19.7 Å². The summed E-state index contributed by atoms with van der Waals surface area (Å²) in [5.74, 6) is 1.18. The van der Waals surface area contributed by atoms with E-state index in [0.717, 1.165) is 49.1 Å². The van der Waals surface area contributed by atoms with Gasteiger partial charge in [-0.25, -0.2) is 4.98 Å². The quantitative estimate of drug-likeness (QED) is 0.596. The number of ether oxygens (including phenoxy) is 2. The van der Waals surface area contributed by atoms with Crippen LogP contribution in [0, 0.1) is 0 Å². The first-order chi connectivity index (χ1) is 15.1. The molecule has 0 unspecified atom stereocenters. The van der Waals surface area contributed by atoms with Crippen molar-refractivity contribution in [3.05, 3.63) is 53.7 Å². The standard InChI is InChI=1S/C25H29N3O3/c1-4-17-8-10-18(11-9-17)26-20-15-22(25(29)28-12-6-5-7-13-28)27-21-16-24(31-3)23(30-2)14-19(20)21/h8-11,14-16H,4-7,12-13H2,1-3H3,(H,26,27). The Labute approximate surface area is 183 Å². The van der Waals surface area contributed by atoms with Gasteiger partial charge in [0.2, 0.25) is 0 Å². The van der Waals surface area contributed by atoms with Crippen molar-refractivity contribution in [1.29, 1.82) is 0 Å². The molecule has 0 aliphatic carbocycles. The van der Waals surface area contributed by atoms with Gasteiger partial charge in [-0.2, -0.15) is 0 Å². The largest absolute Gasteiger partial charge is 0.493 e. The number of benzene rings is 2. The fourth-order valence-electron chi connectivity index (χ4n) is 4.00. The van der Waals surface area contributed by atoms with Crippen LogP contribution in [0.5, 0.6) is 11.5 Å². The molecule has 3 aromatic rings. The van der Waals surface area contributed by atoms with Crippen molar-refractivity contribution in [3.63, 3.8) is 0 Å². The van der Waals surface area contributed by atoms with Crippen LogP contribution in [0.3, 0.4) is 0 Å². The molecule has 6 heteroatoms. The molecule has 1 aromatic heterocycles. The number of hydrogen-bond donors (Lipinski definition) is 1. The molecule has 1 fully saturated rings. The van der Waals surface area contributed by atoms with Crippen LogP contribution in [0.2, 0.25) is 0 Å². The molecular weight excluding hydrogens is 390 g/mol. The van der Waals surface area contributed by atoms with Gasteiger partial charge in [0.1, 0.15) is 5.69 Å². The smallest absolute Gasteiger partial charge is 0.272 e. The number of fused-ring (bicyclic) bond motifs is 1. The summed E-state index contributed by atoms with van der Waals surface area (Å²) in [5.41, 5.74) is 4.17. The van der Waals surface area contributed by atoms with Crippen LogP contribution in [0.4, 0.5) is 11.4 Å². The molecule has 1 amide bonds. The molecule has 0 saturated carbocycles. The Hall–Kier alpha value is -3.28. The maximum absolute atomic E-state index is 13.2. The highest BCUT2D eigenvalue weighted by molar-refractivity contribution is 6.01. The number of pyridine rings is 1. The first-order valence-corrected chi connectivity index (χ1v) is 10.8. The summed E-state index contributed by atoms with van der Waals surface area (Å²) in [7, 11) is 3.21. The van der Waals surface area contributed by atoms with E-state index in [9.17, 15) is 4.79 Å². The molecule has 0 spiro atoms. The topological polar surface area (TPSA) is 63.7 Å². The maximum Gasteiger partial charge on any atom is 0.272 e. The van der Waals surface area contributed by atoms with E-state index in [1.807, 2.05) is 23.1 Å². The summed E-state index contributed by atoms with van der Waals surface area (Å²) in [5, 5.41) is 4.35. The minimum Gasteiger partial charge on any atom is -0.493 e. The Kier molecular flexibility index (Phi) is 6.26. The number of aryl methyl sites for hydroxylation is 1. The SMILES string of the molecule is CCc1ccc(Nc2cc(C(=O)N3CCCCC3)nc3cc(OC)c(OC)cc23)cc1. The van der Waals surface area contributed by atoms with E-state index in [-0.39, 0.29) is 5.91 Å². The van der Waals surface area contributed by atoms with Gasteiger partial charge in [0, 0.05) is 30.2 Å². The number of rotatable bonds is 6. The van der Waals surface area contributed by atoms with Gasteiger partial charge in [-0.15, -0.1) is 0 Å². The van der Waals surface area contributed by atoms with Gasteiger partial charge in [0.25, 0.3) is 5.91 Å². The molecule has 0 radical (unpaired) electrons. The molecule has 0 bridgehead atoms. The molecule has 1 aliphatic heterocycles. The van der Waals surface area contributed by atoms with Crippen LogP contribution in [0.1, 0.15) is 42.2 Å². The summed E-state index contributed by atoms with van der Waals surface area (Å²) in [6, 6.07) is 13.9. The van der Waals surface area contributed by atoms with Gasteiger partial charge in [0.05, 0.1) is 25.4 Å². The highest BCUT2D eigenvalue weighted by Gasteiger charge is 2.22. The summed E-state index contributed by atoms with van der Waals surface area (Å²) in [6.07, 6.45) is 4.24. The lowest BCUT2D eigenvalue weighted by Gasteiger charge is -2.26. The lowest BCUT2D eigenvalue weighted by Crippen LogP contribution is -2.36. The molecule has 6 nitrogen and oxygen atoms in total. The molecule has 4 rings (SSSR count). The third-order valence-corrected chi connectivity index (χ3v) is 5.82. The Morgan fingerprint density at radius 1 is 1.00 bits per heavy atom. The van der Waals surface area contributed by atoms with Crippen LogP contribution in [0.15, 0.2) is 42.5 Å². The van der Waals surface area contributed by atoms with Gasteiger partial charge in [0.15, 0.2) is 11.5 Å². The van der Waals surface area contributed by atoms with Crippen LogP contribution in [-0.4, -0.2) is 43.1 Å². The molecule has 1 saturated heterocycles. The summed E-state index contributed by atoms with van der Waals surface area (Å²) in [4.78, 5) is 19.8. The summed E-state index contributed by atoms with van der Waals surface area (Å²) in [6.45, 7) is 3.70. The predicted molar refractivity (Wildman–Crippen MR) is 124 cm³/mol. The van der Waals surface area contributed by atoms with Crippen LogP contribution < -0.4 is 14.8 Å². The number of piperidine rings is 1. The zero-order valence-corrected chi connectivity index (χ0v) is 18.4. The van der Waals surface area contributed by atoms with Crippen molar-refractivity contribution >= 4 is 28.2 Å². The highest BCUT2D eigenvalue weighted by atomic mass is 16.5. The monoisotopic (exact) mass is 419 g/mol. The maximum atomic E-state index is 13.2.